The Kier molecular flexibility index (Phi) is 7.02. The third-order valence-electron chi connectivity index (χ3n) is 5.18. The van der Waals surface area contributed by atoms with Gasteiger partial charge in [0, 0.05) is 41.9 Å². The van der Waals surface area contributed by atoms with Gasteiger partial charge in [0.15, 0.2) is 22.6 Å². The number of aromatic nitrogens is 4. The topological polar surface area (TPSA) is 108 Å². The van der Waals surface area contributed by atoms with Crippen molar-refractivity contribution in [1.82, 2.24) is 20.2 Å². The molecule has 1 saturated carbocycles. The lowest BCUT2D eigenvalue weighted by atomic mass is 10.3. The predicted molar refractivity (Wildman–Crippen MR) is 131 cm³/mol. The first kappa shape index (κ1) is 22.9. The molecule has 4 rings (SSSR count). The molecule has 0 spiro atoms. The van der Waals surface area contributed by atoms with E-state index in [-0.39, 0.29) is 11.8 Å². The van der Waals surface area contributed by atoms with E-state index in [9.17, 15) is 4.79 Å². The summed E-state index contributed by atoms with van der Waals surface area (Å²) in [6.07, 6.45) is 1.97. The zero-order valence-electron chi connectivity index (χ0n) is 19.3. The number of aryl methyl sites for hydroxylation is 1. The van der Waals surface area contributed by atoms with Crippen LogP contribution in [0, 0.1) is 12.8 Å². The van der Waals surface area contributed by atoms with E-state index >= 15 is 0 Å². The van der Waals surface area contributed by atoms with Crippen LogP contribution in [0.25, 0.3) is 0 Å². The Morgan fingerprint density at radius 2 is 2.00 bits per heavy atom. The highest BCUT2D eigenvalue weighted by atomic mass is 32.2. The Morgan fingerprint density at radius 1 is 1.24 bits per heavy atom. The maximum Gasteiger partial charge on any atom is 0.227 e. The zero-order chi connectivity index (χ0) is 23.4. The van der Waals surface area contributed by atoms with Gasteiger partial charge in [-0.2, -0.15) is 5.10 Å². The molecule has 174 valence electrons. The minimum absolute atomic E-state index is 0.0989. The number of amides is 1. The molecule has 1 aromatic carbocycles. The molecule has 3 N–H and O–H groups in total. The highest BCUT2D eigenvalue weighted by Gasteiger charge is 2.29. The van der Waals surface area contributed by atoms with Gasteiger partial charge in [-0.15, -0.1) is 0 Å². The normalized spacial score (nSPS) is 13.0. The van der Waals surface area contributed by atoms with Crippen molar-refractivity contribution in [3.8, 4) is 5.75 Å². The zero-order valence-corrected chi connectivity index (χ0v) is 20.1. The first-order chi connectivity index (χ1) is 16.0. The van der Waals surface area contributed by atoms with Crippen molar-refractivity contribution in [2.45, 2.75) is 43.7 Å². The maximum absolute atomic E-state index is 12.0. The molecule has 0 atom stereocenters. The summed E-state index contributed by atoms with van der Waals surface area (Å²) in [6, 6.07) is 9.63. The average Bonchev–Trinajstić information content (AvgIpc) is 3.58. The molecule has 10 heteroatoms. The van der Waals surface area contributed by atoms with Gasteiger partial charge >= 0.3 is 0 Å². The van der Waals surface area contributed by atoms with Crippen molar-refractivity contribution in [3.05, 3.63) is 36.0 Å². The number of hydrogen-bond acceptors (Lipinski definition) is 8. The van der Waals surface area contributed by atoms with E-state index in [1.54, 1.807) is 0 Å². The molecule has 1 amide bonds. The van der Waals surface area contributed by atoms with Crippen LogP contribution < -0.4 is 20.3 Å². The molecule has 0 bridgehead atoms. The third-order valence-corrected chi connectivity index (χ3v) is 6.06. The molecule has 3 aromatic rings. The van der Waals surface area contributed by atoms with Crippen LogP contribution in [0.3, 0.4) is 0 Å². The molecule has 2 heterocycles. The second-order valence-corrected chi connectivity index (χ2v) is 8.95. The van der Waals surface area contributed by atoms with Gasteiger partial charge in [0.1, 0.15) is 0 Å². The maximum atomic E-state index is 12.0. The Morgan fingerprint density at radius 3 is 2.61 bits per heavy atom. The van der Waals surface area contributed by atoms with Crippen molar-refractivity contribution < 1.29 is 9.53 Å². The van der Waals surface area contributed by atoms with Crippen LogP contribution in [0.15, 0.2) is 40.4 Å². The van der Waals surface area contributed by atoms with Crippen LogP contribution in [0.5, 0.6) is 5.75 Å². The quantitative estimate of drug-likeness (QED) is 0.371. The highest BCUT2D eigenvalue weighted by Crippen LogP contribution is 2.38. The van der Waals surface area contributed by atoms with Crippen molar-refractivity contribution in [1.29, 1.82) is 0 Å². The summed E-state index contributed by atoms with van der Waals surface area (Å²) in [5.41, 5.74) is 1.74. The number of hydrogen-bond donors (Lipinski definition) is 3. The van der Waals surface area contributed by atoms with Crippen LogP contribution >= 0.6 is 11.8 Å². The molecule has 0 radical (unpaired) electrons. The first-order valence-electron chi connectivity index (χ1n) is 11.1. The SMILES string of the molecule is CCOc1c(Nc2cc(C)[nH]n2)nc(Sc2ccc(NC(=O)C3CC3)cc2)nc1N(C)CC. The molecule has 0 aliphatic heterocycles. The lowest BCUT2D eigenvalue weighted by Gasteiger charge is -2.22. The Bertz CT molecular complexity index is 1110. The molecule has 9 nitrogen and oxygen atoms in total. The van der Waals surface area contributed by atoms with Crippen molar-refractivity contribution in [2.24, 2.45) is 5.92 Å². The first-order valence-corrected chi connectivity index (χ1v) is 11.9. The second-order valence-electron chi connectivity index (χ2n) is 7.91. The largest absolute Gasteiger partial charge is 0.487 e. The Balaban J connectivity index is 1.60. The molecule has 1 aliphatic carbocycles. The number of anilines is 4. The highest BCUT2D eigenvalue weighted by molar-refractivity contribution is 7.99. The van der Waals surface area contributed by atoms with Gasteiger partial charge in [-0.1, -0.05) is 0 Å². The van der Waals surface area contributed by atoms with Crippen LogP contribution in [0.4, 0.5) is 23.1 Å². The van der Waals surface area contributed by atoms with Crippen LogP contribution in [0.1, 0.15) is 32.4 Å². The summed E-state index contributed by atoms with van der Waals surface area (Å²) in [7, 11) is 1.97. The summed E-state index contributed by atoms with van der Waals surface area (Å²) < 4.78 is 5.94. The Labute approximate surface area is 197 Å². The molecular formula is C23H29N7O2S. The number of carbonyl (C=O) groups is 1. The number of benzene rings is 1. The van der Waals surface area contributed by atoms with Gasteiger partial charge < -0.3 is 20.3 Å². The van der Waals surface area contributed by atoms with E-state index in [1.165, 1.54) is 11.8 Å². The number of carbonyl (C=O) groups excluding carboxylic acids is 1. The number of H-pyrrole nitrogens is 1. The van der Waals surface area contributed by atoms with Crippen molar-refractivity contribution in [2.75, 3.05) is 35.7 Å². The lowest BCUT2D eigenvalue weighted by Crippen LogP contribution is -2.20. The fraction of sp³-hybridized carbons (Fsp3) is 0.391. The fourth-order valence-electron chi connectivity index (χ4n) is 3.14. The predicted octanol–water partition coefficient (Wildman–Crippen LogP) is 4.61. The van der Waals surface area contributed by atoms with E-state index in [2.05, 4.69) is 27.8 Å². The number of aromatic amines is 1. The van der Waals surface area contributed by atoms with Gasteiger partial charge in [0.2, 0.25) is 11.7 Å². The summed E-state index contributed by atoms with van der Waals surface area (Å²) in [5.74, 6) is 2.79. The van der Waals surface area contributed by atoms with E-state index in [0.29, 0.717) is 35.0 Å². The van der Waals surface area contributed by atoms with Crippen LogP contribution in [0.2, 0.25) is 0 Å². The van der Waals surface area contributed by atoms with Crippen LogP contribution in [-0.4, -0.2) is 46.3 Å². The molecule has 0 saturated heterocycles. The van der Waals surface area contributed by atoms with Gasteiger partial charge in [-0.05, 0) is 69.6 Å². The van der Waals surface area contributed by atoms with E-state index in [4.69, 9.17) is 14.7 Å². The van der Waals surface area contributed by atoms with E-state index in [1.807, 2.05) is 56.1 Å². The third kappa shape index (κ3) is 5.75. The number of rotatable bonds is 10. The number of ether oxygens (including phenoxy) is 1. The van der Waals surface area contributed by atoms with Crippen molar-refractivity contribution >= 4 is 40.8 Å². The molecular weight excluding hydrogens is 438 g/mol. The summed E-state index contributed by atoms with van der Waals surface area (Å²) in [6.45, 7) is 7.18. The number of nitrogens with one attached hydrogen (secondary N) is 3. The average molecular weight is 468 g/mol. The molecule has 2 aromatic heterocycles. The molecule has 0 unspecified atom stereocenters. The van der Waals surface area contributed by atoms with Gasteiger partial charge in [0.25, 0.3) is 0 Å². The monoisotopic (exact) mass is 467 g/mol. The fourth-order valence-corrected chi connectivity index (χ4v) is 3.89. The van der Waals surface area contributed by atoms with Gasteiger partial charge in [-0.3, -0.25) is 9.89 Å². The minimum Gasteiger partial charge on any atom is -0.487 e. The minimum atomic E-state index is 0.0989. The Hall–Kier alpha value is -3.27. The van der Waals surface area contributed by atoms with E-state index in [0.717, 1.165) is 35.7 Å². The lowest BCUT2D eigenvalue weighted by molar-refractivity contribution is -0.117. The van der Waals surface area contributed by atoms with Gasteiger partial charge in [0.05, 0.1) is 6.61 Å². The molecule has 33 heavy (non-hydrogen) atoms. The summed E-state index contributed by atoms with van der Waals surface area (Å²) in [4.78, 5) is 24.5. The summed E-state index contributed by atoms with van der Waals surface area (Å²) >= 11 is 1.45. The van der Waals surface area contributed by atoms with E-state index < -0.39 is 0 Å². The molecule has 1 fully saturated rings. The van der Waals surface area contributed by atoms with Gasteiger partial charge in [-0.25, -0.2) is 9.97 Å². The second kappa shape index (κ2) is 10.1. The van der Waals surface area contributed by atoms with Crippen LogP contribution in [-0.2, 0) is 4.79 Å². The smallest absolute Gasteiger partial charge is 0.227 e. The molecule has 1 aliphatic rings. The summed E-state index contributed by atoms with van der Waals surface area (Å²) in [5, 5.41) is 14.0. The standard InChI is InChI=1S/C23H29N7O2S/c1-5-30(4)21-19(32-6-2)20(25-18-13-14(3)28-29-18)26-23(27-21)33-17-11-9-16(10-12-17)24-22(31)15-7-8-15/h9-13,15H,5-8H2,1-4H3,(H,24,31)(H2,25,26,27,28,29). The van der Waals surface area contributed by atoms with Crippen molar-refractivity contribution in [3.63, 3.8) is 0 Å². The number of nitrogens with zero attached hydrogens (tertiary/aromatic N) is 4.